The number of rotatable bonds is 5. The highest BCUT2D eigenvalue weighted by Crippen LogP contribution is 2.86. The number of likely N-dealkylation sites (tertiary alicyclic amines) is 1. The van der Waals surface area contributed by atoms with Gasteiger partial charge in [-0.05, 0) is 52.0 Å². The second kappa shape index (κ2) is 6.11. The number of nitrogens with zero attached hydrogens (tertiary/aromatic N) is 5. The Balaban J connectivity index is 1.23. The van der Waals surface area contributed by atoms with E-state index in [4.69, 9.17) is 4.98 Å². The van der Waals surface area contributed by atoms with Gasteiger partial charge in [-0.2, -0.15) is 0 Å². The van der Waals surface area contributed by atoms with E-state index in [2.05, 4.69) is 26.6 Å². The van der Waals surface area contributed by atoms with E-state index in [0.717, 1.165) is 67.7 Å². The van der Waals surface area contributed by atoms with E-state index in [9.17, 15) is 9.90 Å². The molecule has 1 unspecified atom stereocenters. The zero-order valence-corrected chi connectivity index (χ0v) is 17.7. The van der Waals surface area contributed by atoms with Crippen LogP contribution in [0.15, 0.2) is 0 Å². The standard InChI is InChI=1S/C21H27N5O2S/c1-13-17(20-11-21(20,12-20)19(27)28)22-16(29-13)10-25-8-5-6-14(25)18-24-23-15-7-3-2-4-9-26(15)18/h14H,2-12H2,1H3,(H,27,28). The second-order valence-electron chi connectivity index (χ2n) is 9.40. The normalized spacial score (nSPS) is 33.2. The van der Waals surface area contributed by atoms with Crippen LogP contribution in [0.3, 0.4) is 0 Å². The number of fused-ring (bicyclic) bond motifs is 2. The van der Waals surface area contributed by atoms with Crippen LogP contribution >= 0.6 is 11.3 Å². The topological polar surface area (TPSA) is 84.1 Å². The molecule has 1 atom stereocenters. The van der Waals surface area contributed by atoms with Gasteiger partial charge in [0.05, 0.1) is 23.7 Å². The molecule has 7 nitrogen and oxygen atoms in total. The number of carboxylic acid groups (broad SMARTS) is 1. The highest BCUT2D eigenvalue weighted by Gasteiger charge is 2.89. The lowest BCUT2D eigenvalue weighted by atomic mass is 10.1. The minimum atomic E-state index is -0.640. The van der Waals surface area contributed by atoms with Crippen molar-refractivity contribution < 1.29 is 9.90 Å². The van der Waals surface area contributed by atoms with Crippen LogP contribution in [0, 0.1) is 12.3 Å². The highest BCUT2D eigenvalue weighted by atomic mass is 32.1. The molecule has 0 amide bonds. The molecule has 0 bridgehead atoms. The Hall–Kier alpha value is -1.80. The summed E-state index contributed by atoms with van der Waals surface area (Å²) in [5, 5.41) is 19.8. The molecule has 2 aromatic rings. The van der Waals surface area contributed by atoms with Gasteiger partial charge in [-0.1, -0.05) is 6.42 Å². The third kappa shape index (κ3) is 2.51. The van der Waals surface area contributed by atoms with Gasteiger partial charge in [0.25, 0.3) is 0 Å². The number of hydrogen-bond donors (Lipinski definition) is 1. The summed E-state index contributed by atoms with van der Waals surface area (Å²) in [7, 11) is 0. The average molecular weight is 414 g/mol. The summed E-state index contributed by atoms with van der Waals surface area (Å²) in [6.45, 7) is 5.04. The maximum atomic E-state index is 11.6. The first-order chi connectivity index (χ1) is 14.0. The number of aliphatic carboxylic acids is 1. The quantitative estimate of drug-likeness (QED) is 0.810. The lowest BCUT2D eigenvalue weighted by Gasteiger charge is -2.23. The molecule has 0 radical (unpaired) electrons. The minimum Gasteiger partial charge on any atom is -0.481 e. The molecule has 4 aliphatic rings. The van der Waals surface area contributed by atoms with E-state index in [0.29, 0.717) is 6.04 Å². The van der Waals surface area contributed by atoms with Crippen molar-refractivity contribution in [2.75, 3.05) is 6.54 Å². The summed E-state index contributed by atoms with van der Waals surface area (Å²) in [5.74, 6) is 1.66. The molecule has 29 heavy (non-hydrogen) atoms. The number of aryl methyl sites for hydroxylation is 2. The van der Waals surface area contributed by atoms with E-state index in [1.165, 1.54) is 30.6 Å². The summed E-state index contributed by atoms with van der Waals surface area (Å²) in [6.07, 6.45) is 8.60. The molecular weight excluding hydrogens is 386 g/mol. The van der Waals surface area contributed by atoms with Gasteiger partial charge in [0.15, 0.2) is 0 Å². The molecular formula is C21H27N5O2S. The van der Waals surface area contributed by atoms with Crippen LogP contribution in [0.4, 0.5) is 0 Å². The Morgan fingerprint density at radius 3 is 2.86 bits per heavy atom. The first-order valence-electron chi connectivity index (χ1n) is 10.9. The summed E-state index contributed by atoms with van der Waals surface area (Å²) >= 11 is 1.75. The first kappa shape index (κ1) is 18.0. The SMILES string of the molecule is Cc1sc(CN2CCCC2c2nnc3n2CCCCC3)nc1C12CC1(C(=O)O)C2. The molecule has 154 valence electrons. The van der Waals surface area contributed by atoms with Crippen molar-refractivity contribution in [1.82, 2.24) is 24.6 Å². The third-order valence-corrected chi connectivity index (χ3v) is 8.67. The van der Waals surface area contributed by atoms with Crippen LogP contribution in [0.25, 0.3) is 0 Å². The molecule has 6 rings (SSSR count). The monoisotopic (exact) mass is 413 g/mol. The Morgan fingerprint density at radius 1 is 1.21 bits per heavy atom. The zero-order valence-electron chi connectivity index (χ0n) is 16.9. The van der Waals surface area contributed by atoms with Gasteiger partial charge in [-0.25, -0.2) is 4.98 Å². The minimum absolute atomic E-state index is 0.146. The summed E-state index contributed by atoms with van der Waals surface area (Å²) in [5.41, 5.74) is 0.428. The number of carbonyl (C=O) groups is 1. The van der Waals surface area contributed by atoms with Crippen LogP contribution in [-0.4, -0.2) is 42.3 Å². The number of aromatic nitrogens is 4. The van der Waals surface area contributed by atoms with E-state index < -0.39 is 11.4 Å². The third-order valence-electron chi connectivity index (χ3n) is 7.71. The van der Waals surface area contributed by atoms with Crippen molar-refractivity contribution in [2.45, 2.75) is 82.8 Å². The molecule has 0 aromatic carbocycles. The molecule has 2 saturated carbocycles. The van der Waals surface area contributed by atoms with Gasteiger partial charge < -0.3 is 9.67 Å². The summed E-state index contributed by atoms with van der Waals surface area (Å²) < 4.78 is 2.38. The predicted molar refractivity (Wildman–Crippen MR) is 108 cm³/mol. The molecule has 2 aromatic heterocycles. The van der Waals surface area contributed by atoms with Crippen molar-refractivity contribution in [3.63, 3.8) is 0 Å². The van der Waals surface area contributed by atoms with E-state index in [1.54, 1.807) is 11.3 Å². The predicted octanol–water partition coefficient (Wildman–Crippen LogP) is 3.22. The molecule has 3 fully saturated rings. The summed E-state index contributed by atoms with van der Waals surface area (Å²) in [4.78, 5) is 20.2. The molecule has 1 saturated heterocycles. The molecule has 2 aliphatic carbocycles. The van der Waals surface area contributed by atoms with Crippen LogP contribution in [0.5, 0.6) is 0 Å². The van der Waals surface area contributed by atoms with Gasteiger partial charge in [-0.3, -0.25) is 9.69 Å². The smallest absolute Gasteiger partial charge is 0.310 e. The fourth-order valence-electron chi connectivity index (χ4n) is 5.84. The Kier molecular flexibility index (Phi) is 3.79. The average Bonchev–Trinajstić information content (AvgIpc) is 3.31. The number of thiazole rings is 1. The van der Waals surface area contributed by atoms with Crippen LogP contribution < -0.4 is 0 Å². The van der Waals surface area contributed by atoms with Crippen molar-refractivity contribution >= 4 is 17.3 Å². The number of hydrogen-bond acceptors (Lipinski definition) is 6. The maximum Gasteiger partial charge on any atom is 0.310 e. The second-order valence-corrected chi connectivity index (χ2v) is 10.7. The zero-order chi connectivity index (χ0) is 19.8. The number of carboxylic acids is 1. The fraction of sp³-hybridized carbons (Fsp3) is 0.714. The molecule has 0 spiro atoms. The Morgan fingerprint density at radius 2 is 2.07 bits per heavy atom. The molecule has 4 heterocycles. The maximum absolute atomic E-state index is 11.6. The van der Waals surface area contributed by atoms with Gasteiger partial charge in [0.1, 0.15) is 16.7 Å². The van der Waals surface area contributed by atoms with E-state index in [-0.39, 0.29) is 5.41 Å². The molecule has 1 N–H and O–H groups in total. The van der Waals surface area contributed by atoms with Gasteiger partial charge in [-0.15, -0.1) is 21.5 Å². The van der Waals surface area contributed by atoms with Crippen molar-refractivity contribution in [3.05, 3.63) is 27.2 Å². The Labute approximate surface area is 174 Å². The van der Waals surface area contributed by atoms with Gasteiger partial charge in [0.2, 0.25) is 0 Å². The van der Waals surface area contributed by atoms with Crippen molar-refractivity contribution in [2.24, 2.45) is 5.41 Å². The highest BCUT2D eigenvalue weighted by molar-refractivity contribution is 7.11. The Bertz CT molecular complexity index is 989. The first-order valence-corrected chi connectivity index (χ1v) is 11.7. The molecule has 2 aliphatic heterocycles. The van der Waals surface area contributed by atoms with Gasteiger partial charge in [0, 0.05) is 23.3 Å². The van der Waals surface area contributed by atoms with Gasteiger partial charge >= 0.3 is 5.97 Å². The van der Waals surface area contributed by atoms with E-state index in [1.807, 2.05) is 0 Å². The van der Waals surface area contributed by atoms with Crippen LogP contribution in [0.2, 0.25) is 0 Å². The van der Waals surface area contributed by atoms with Crippen LogP contribution in [-0.2, 0) is 29.7 Å². The lowest BCUT2D eigenvalue weighted by Crippen LogP contribution is -2.25. The van der Waals surface area contributed by atoms with Crippen molar-refractivity contribution in [1.29, 1.82) is 0 Å². The van der Waals surface area contributed by atoms with Crippen LogP contribution in [0.1, 0.15) is 78.2 Å². The molecule has 8 heteroatoms. The fourth-order valence-corrected chi connectivity index (χ4v) is 6.90. The summed E-state index contributed by atoms with van der Waals surface area (Å²) in [6, 6.07) is 0.320. The van der Waals surface area contributed by atoms with E-state index >= 15 is 0 Å². The van der Waals surface area contributed by atoms with Crippen molar-refractivity contribution in [3.8, 4) is 0 Å². The lowest BCUT2D eigenvalue weighted by molar-refractivity contribution is -0.140. The largest absolute Gasteiger partial charge is 0.481 e.